The van der Waals surface area contributed by atoms with Crippen LogP contribution < -0.4 is 0 Å². The molecule has 0 saturated carbocycles. The summed E-state index contributed by atoms with van der Waals surface area (Å²) in [5.41, 5.74) is 0.712. The van der Waals surface area contributed by atoms with Gasteiger partial charge in [-0.25, -0.2) is 0 Å². The number of phenols is 1. The summed E-state index contributed by atoms with van der Waals surface area (Å²) in [6, 6.07) is 7.05. The predicted molar refractivity (Wildman–Crippen MR) is 74.9 cm³/mol. The fourth-order valence-corrected chi connectivity index (χ4v) is 2.88. The summed E-state index contributed by atoms with van der Waals surface area (Å²) in [5, 5.41) is 10.6. The molecule has 18 heavy (non-hydrogen) atoms. The Balaban J connectivity index is 1.97. The van der Waals surface area contributed by atoms with Crippen molar-refractivity contribution in [1.82, 2.24) is 4.90 Å². The Bertz CT molecular complexity index is 422. The second-order valence-electron chi connectivity index (χ2n) is 4.81. The van der Waals surface area contributed by atoms with Crippen LogP contribution in [0, 0.1) is 5.92 Å². The lowest BCUT2D eigenvalue weighted by molar-refractivity contribution is -0.132. The van der Waals surface area contributed by atoms with Crippen molar-refractivity contribution in [1.29, 1.82) is 0 Å². The van der Waals surface area contributed by atoms with E-state index in [1.807, 2.05) is 11.0 Å². The largest absolute Gasteiger partial charge is 0.508 e. The van der Waals surface area contributed by atoms with Gasteiger partial charge in [0, 0.05) is 24.0 Å². The second-order valence-corrected chi connectivity index (χ2v) is 5.46. The highest BCUT2D eigenvalue weighted by Gasteiger charge is 2.23. The first-order chi connectivity index (χ1) is 8.70. The summed E-state index contributed by atoms with van der Waals surface area (Å²) in [4.78, 5) is 14.1. The van der Waals surface area contributed by atoms with Crippen molar-refractivity contribution in [3.05, 3.63) is 29.8 Å². The van der Waals surface area contributed by atoms with Crippen molar-refractivity contribution >= 4 is 21.8 Å². The number of hydrogen-bond donors (Lipinski definition) is 1. The minimum absolute atomic E-state index is 0.113. The number of phenolic OH excluding ortho intramolecular Hbond substituents is 1. The Hall–Kier alpha value is -1.03. The molecule has 1 atom stereocenters. The Morgan fingerprint density at radius 2 is 2.22 bits per heavy atom. The first-order valence-electron chi connectivity index (χ1n) is 6.31. The van der Waals surface area contributed by atoms with E-state index in [0.29, 0.717) is 17.9 Å². The van der Waals surface area contributed by atoms with Crippen LogP contribution in [-0.4, -0.2) is 34.3 Å². The van der Waals surface area contributed by atoms with Crippen molar-refractivity contribution in [2.75, 3.05) is 18.4 Å². The monoisotopic (exact) mass is 311 g/mol. The van der Waals surface area contributed by atoms with Gasteiger partial charge >= 0.3 is 0 Å². The minimum Gasteiger partial charge on any atom is -0.508 e. The van der Waals surface area contributed by atoms with Crippen molar-refractivity contribution in [2.45, 2.75) is 19.3 Å². The Morgan fingerprint density at radius 3 is 2.94 bits per heavy atom. The lowest BCUT2D eigenvalue weighted by atomic mass is 9.99. The highest BCUT2D eigenvalue weighted by molar-refractivity contribution is 9.09. The highest BCUT2D eigenvalue weighted by Crippen LogP contribution is 2.21. The van der Waals surface area contributed by atoms with Gasteiger partial charge in [-0.1, -0.05) is 34.1 Å². The molecule has 0 radical (unpaired) electrons. The fourth-order valence-electron chi connectivity index (χ4n) is 2.35. The van der Waals surface area contributed by atoms with E-state index in [1.165, 1.54) is 6.42 Å². The molecule has 0 aromatic heterocycles. The molecule has 1 saturated heterocycles. The quantitative estimate of drug-likeness (QED) is 0.872. The molecule has 98 valence electrons. The Morgan fingerprint density at radius 1 is 1.44 bits per heavy atom. The van der Waals surface area contributed by atoms with Crippen LogP contribution in [0.3, 0.4) is 0 Å². The van der Waals surface area contributed by atoms with Crippen molar-refractivity contribution < 1.29 is 9.90 Å². The molecule has 1 fully saturated rings. The van der Waals surface area contributed by atoms with Crippen molar-refractivity contribution in [2.24, 2.45) is 5.92 Å². The lowest BCUT2D eigenvalue weighted by Crippen LogP contribution is -2.41. The van der Waals surface area contributed by atoms with Crippen LogP contribution in [0.1, 0.15) is 18.4 Å². The highest BCUT2D eigenvalue weighted by atomic mass is 79.9. The molecule has 0 bridgehead atoms. The van der Waals surface area contributed by atoms with Gasteiger partial charge in [0.2, 0.25) is 5.91 Å². The minimum atomic E-state index is 0.113. The topological polar surface area (TPSA) is 40.5 Å². The number of halogens is 1. The predicted octanol–water partition coefficient (Wildman–Crippen LogP) is 2.57. The third-order valence-electron chi connectivity index (χ3n) is 3.42. The maximum atomic E-state index is 12.2. The molecule has 0 spiro atoms. The molecule has 1 aliphatic rings. The molecule has 1 heterocycles. The van der Waals surface area contributed by atoms with Crippen LogP contribution in [0.5, 0.6) is 5.75 Å². The second kappa shape index (κ2) is 6.23. The van der Waals surface area contributed by atoms with E-state index in [0.717, 1.165) is 24.8 Å². The summed E-state index contributed by atoms with van der Waals surface area (Å²) >= 11 is 3.49. The molecular weight excluding hydrogens is 294 g/mol. The van der Waals surface area contributed by atoms with Gasteiger partial charge in [-0.3, -0.25) is 4.79 Å². The van der Waals surface area contributed by atoms with Crippen LogP contribution in [0.4, 0.5) is 0 Å². The van der Waals surface area contributed by atoms with Crippen LogP contribution in [-0.2, 0) is 11.2 Å². The zero-order chi connectivity index (χ0) is 13.0. The van der Waals surface area contributed by atoms with Crippen molar-refractivity contribution in [3.63, 3.8) is 0 Å². The van der Waals surface area contributed by atoms with Crippen LogP contribution >= 0.6 is 15.9 Å². The summed E-state index contributed by atoms with van der Waals surface area (Å²) in [7, 11) is 0. The molecule has 1 aromatic carbocycles. The molecule has 1 aliphatic heterocycles. The summed E-state index contributed by atoms with van der Waals surface area (Å²) in [5.74, 6) is 0.883. The first kappa shape index (κ1) is 13.4. The van der Waals surface area contributed by atoms with Gasteiger partial charge in [0.1, 0.15) is 5.75 Å². The van der Waals surface area contributed by atoms with Crippen LogP contribution in [0.15, 0.2) is 24.3 Å². The maximum Gasteiger partial charge on any atom is 0.227 e. The van der Waals surface area contributed by atoms with Crippen molar-refractivity contribution in [3.8, 4) is 5.75 Å². The third kappa shape index (κ3) is 3.25. The molecule has 1 amide bonds. The molecule has 3 nitrogen and oxygen atoms in total. The molecule has 2 rings (SSSR count). The van der Waals surface area contributed by atoms with Crippen LogP contribution in [0.2, 0.25) is 0 Å². The number of rotatable bonds is 3. The molecular formula is C14H18BrNO2. The molecule has 1 unspecified atom stereocenters. The number of aromatic hydroxyl groups is 1. The lowest BCUT2D eigenvalue weighted by Gasteiger charge is -2.32. The summed E-state index contributed by atoms with van der Waals surface area (Å²) in [6.07, 6.45) is 2.55. The zero-order valence-corrected chi connectivity index (χ0v) is 11.9. The van der Waals surface area contributed by atoms with E-state index in [9.17, 15) is 9.90 Å². The van der Waals surface area contributed by atoms with E-state index in [2.05, 4.69) is 15.9 Å². The van der Waals surface area contributed by atoms with Crippen LogP contribution in [0.25, 0.3) is 0 Å². The Labute approximate surface area is 116 Å². The van der Waals surface area contributed by atoms with Gasteiger partial charge in [0.25, 0.3) is 0 Å². The number of piperidine rings is 1. The van der Waals surface area contributed by atoms with E-state index < -0.39 is 0 Å². The average Bonchev–Trinajstić information content (AvgIpc) is 2.41. The number of nitrogens with zero attached hydrogens (tertiary/aromatic N) is 1. The summed E-state index contributed by atoms with van der Waals surface area (Å²) < 4.78 is 0. The number of amides is 1. The maximum absolute atomic E-state index is 12.2. The number of alkyl halides is 1. The van der Waals surface area contributed by atoms with Gasteiger partial charge in [0.05, 0.1) is 6.42 Å². The zero-order valence-electron chi connectivity index (χ0n) is 10.3. The number of hydrogen-bond acceptors (Lipinski definition) is 2. The van der Waals surface area contributed by atoms with E-state index in [-0.39, 0.29) is 11.7 Å². The molecule has 0 aliphatic carbocycles. The first-order valence-corrected chi connectivity index (χ1v) is 7.43. The molecule has 4 heteroatoms. The number of benzene rings is 1. The number of likely N-dealkylation sites (tertiary alicyclic amines) is 1. The average molecular weight is 312 g/mol. The number of para-hydroxylation sites is 1. The van der Waals surface area contributed by atoms with Gasteiger partial charge in [0.15, 0.2) is 0 Å². The van der Waals surface area contributed by atoms with Gasteiger partial charge in [-0.15, -0.1) is 0 Å². The number of carbonyl (C=O) groups excluding carboxylic acids is 1. The molecule has 1 aromatic rings. The van der Waals surface area contributed by atoms with Gasteiger partial charge in [-0.05, 0) is 24.8 Å². The van der Waals surface area contributed by atoms with Gasteiger partial charge < -0.3 is 10.0 Å². The van der Waals surface area contributed by atoms with E-state index >= 15 is 0 Å². The SMILES string of the molecule is O=C(Cc1ccccc1O)N1CCCC(CBr)C1. The smallest absolute Gasteiger partial charge is 0.227 e. The number of carbonyl (C=O) groups is 1. The Kier molecular flexibility index (Phi) is 4.64. The normalized spacial score (nSPS) is 19.8. The standard InChI is InChI=1S/C14H18BrNO2/c15-9-11-4-3-7-16(10-11)14(18)8-12-5-1-2-6-13(12)17/h1-2,5-6,11,17H,3-4,7-10H2. The fraction of sp³-hybridized carbons (Fsp3) is 0.500. The van der Waals surface area contributed by atoms with E-state index in [1.54, 1.807) is 18.2 Å². The third-order valence-corrected chi connectivity index (χ3v) is 4.34. The van der Waals surface area contributed by atoms with E-state index in [4.69, 9.17) is 0 Å². The summed E-state index contributed by atoms with van der Waals surface area (Å²) in [6.45, 7) is 1.67. The van der Waals surface area contributed by atoms with Gasteiger partial charge in [-0.2, -0.15) is 0 Å². The molecule has 1 N–H and O–H groups in total.